The molecule has 0 unspecified atom stereocenters. The van der Waals surface area contributed by atoms with Crippen LogP contribution in [0.15, 0.2) is 36.7 Å². The van der Waals surface area contributed by atoms with Gasteiger partial charge in [0.15, 0.2) is 0 Å². The third-order valence-electron chi connectivity index (χ3n) is 3.14. The van der Waals surface area contributed by atoms with Crippen LogP contribution in [0.1, 0.15) is 24.5 Å². The molecule has 1 heterocycles. The Morgan fingerprint density at radius 1 is 1.21 bits per heavy atom. The molecule has 0 aliphatic carbocycles. The van der Waals surface area contributed by atoms with Gasteiger partial charge >= 0.3 is 0 Å². The fourth-order valence-electron chi connectivity index (χ4n) is 2.10. The normalized spacial score (nSPS) is 10.7. The van der Waals surface area contributed by atoms with Gasteiger partial charge < -0.3 is 5.32 Å². The molecule has 0 saturated carbocycles. The topological polar surface area (TPSA) is 24.9 Å². The lowest BCUT2D eigenvalue weighted by molar-refractivity contribution is 0.625. The Kier molecular flexibility index (Phi) is 4.63. The van der Waals surface area contributed by atoms with Gasteiger partial charge in [-0.1, -0.05) is 13.0 Å². The van der Waals surface area contributed by atoms with Crippen LogP contribution in [0.5, 0.6) is 0 Å². The van der Waals surface area contributed by atoms with Crippen molar-refractivity contribution >= 4 is 0 Å². The minimum atomic E-state index is -0.211. The van der Waals surface area contributed by atoms with Crippen molar-refractivity contribution in [1.82, 2.24) is 10.3 Å². The van der Waals surface area contributed by atoms with Crippen LogP contribution in [-0.2, 0) is 6.54 Å². The predicted octanol–water partition coefficient (Wildman–Crippen LogP) is 3.70. The van der Waals surface area contributed by atoms with Crippen molar-refractivity contribution in [2.45, 2.75) is 26.8 Å². The number of rotatable bonds is 5. The molecule has 0 spiro atoms. The first-order chi connectivity index (χ1) is 9.22. The maximum Gasteiger partial charge on any atom is 0.123 e. The predicted molar refractivity (Wildman–Crippen MR) is 76.4 cm³/mol. The van der Waals surface area contributed by atoms with E-state index in [1.165, 1.54) is 6.07 Å². The molecule has 1 aromatic carbocycles. The lowest BCUT2D eigenvalue weighted by Gasteiger charge is -2.12. The SMILES string of the molecule is CCCNCc1ccc(F)cc1-c1cnccc1C. The van der Waals surface area contributed by atoms with E-state index in [0.717, 1.165) is 41.8 Å². The molecule has 0 aliphatic rings. The Balaban J connectivity index is 2.37. The quantitative estimate of drug-likeness (QED) is 0.827. The molecule has 2 nitrogen and oxygen atoms in total. The molecule has 1 N–H and O–H groups in total. The highest BCUT2D eigenvalue weighted by molar-refractivity contribution is 5.69. The van der Waals surface area contributed by atoms with E-state index < -0.39 is 0 Å². The van der Waals surface area contributed by atoms with Crippen LogP contribution in [0.25, 0.3) is 11.1 Å². The van der Waals surface area contributed by atoms with Crippen LogP contribution in [0, 0.1) is 12.7 Å². The van der Waals surface area contributed by atoms with Crippen LogP contribution in [-0.4, -0.2) is 11.5 Å². The Hall–Kier alpha value is -1.74. The number of hydrogen-bond acceptors (Lipinski definition) is 2. The second kappa shape index (κ2) is 6.43. The zero-order valence-corrected chi connectivity index (χ0v) is 11.4. The number of pyridine rings is 1. The molecular weight excluding hydrogens is 239 g/mol. The second-order valence-electron chi connectivity index (χ2n) is 4.67. The highest BCUT2D eigenvalue weighted by Gasteiger charge is 2.09. The van der Waals surface area contributed by atoms with Gasteiger partial charge in [-0.05, 0) is 54.8 Å². The van der Waals surface area contributed by atoms with Crippen molar-refractivity contribution in [3.05, 3.63) is 53.6 Å². The summed E-state index contributed by atoms with van der Waals surface area (Å²) in [6, 6.07) is 6.90. The fraction of sp³-hybridized carbons (Fsp3) is 0.312. The van der Waals surface area contributed by atoms with E-state index in [0.29, 0.717) is 0 Å². The molecular formula is C16H19FN2. The molecule has 0 atom stereocenters. The summed E-state index contributed by atoms with van der Waals surface area (Å²) in [7, 11) is 0. The van der Waals surface area contributed by atoms with Crippen molar-refractivity contribution in [1.29, 1.82) is 0 Å². The summed E-state index contributed by atoms with van der Waals surface area (Å²) in [5, 5.41) is 3.36. The van der Waals surface area contributed by atoms with Gasteiger partial charge in [-0.15, -0.1) is 0 Å². The summed E-state index contributed by atoms with van der Waals surface area (Å²) in [6.07, 6.45) is 4.64. The van der Waals surface area contributed by atoms with E-state index in [1.807, 2.05) is 19.1 Å². The maximum atomic E-state index is 13.5. The van der Waals surface area contributed by atoms with Crippen LogP contribution < -0.4 is 5.32 Å². The van der Waals surface area contributed by atoms with E-state index in [9.17, 15) is 4.39 Å². The number of halogens is 1. The third kappa shape index (κ3) is 3.38. The molecule has 0 aliphatic heterocycles. The molecule has 0 radical (unpaired) electrons. The lowest BCUT2D eigenvalue weighted by Crippen LogP contribution is -2.14. The minimum absolute atomic E-state index is 0.211. The largest absolute Gasteiger partial charge is 0.313 e. The summed E-state index contributed by atoms with van der Waals surface area (Å²) in [6.45, 7) is 5.86. The van der Waals surface area contributed by atoms with E-state index in [-0.39, 0.29) is 5.82 Å². The first-order valence-electron chi connectivity index (χ1n) is 6.62. The number of aryl methyl sites for hydroxylation is 1. The zero-order chi connectivity index (χ0) is 13.7. The number of benzene rings is 1. The van der Waals surface area contributed by atoms with Crippen LogP contribution in [0.3, 0.4) is 0 Å². The molecule has 0 saturated heterocycles. The molecule has 0 bridgehead atoms. The molecule has 0 amide bonds. The first kappa shape index (κ1) is 13.7. The summed E-state index contributed by atoms with van der Waals surface area (Å²) >= 11 is 0. The second-order valence-corrected chi connectivity index (χ2v) is 4.67. The van der Waals surface area contributed by atoms with E-state index in [2.05, 4.69) is 17.2 Å². The van der Waals surface area contributed by atoms with Gasteiger partial charge in [-0.25, -0.2) is 4.39 Å². The molecule has 19 heavy (non-hydrogen) atoms. The minimum Gasteiger partial charge on any atom is -0.313 e. The smallest absolute Gasteiger partial charge is 0.123 e. The Labute approximate surface area is 113 Å². The number of nitrogens with zero attached hydrogens (tertiary/aromatic N) is 1. The highest BCUT2D eigenvalue weighted by Crippen LogP contribution is 2.27. The maximum absolute atomic E-state index is 13.5. The van der Waals surface area contributed by atoms with E-state index in [4.69, 9.17) is 0 Å². The molecule has 1 aromatic heterocycles. The van der Waals surface area contributed by atoms with Crippen molar-refractivity contribution in [2.24, 2.45) is 0 Å². The summed E-state index contributed by atoms with van der Waals surface area (Å²) in [5.74, 6) is -0.211. The average Bonchev–Trinajstić information content (AvgIpc) is 2.41. The molecule has 0 fully saturated rings. The molecule has 100 valence electrons. The summed E-state index contributed by atoms with van der Waals surface area (Å²) < 4.78 is 13.5. The Bertz CT molecular complexity index is 552. The van der Waals surface area contributed by atoms with Gasteiger partial charge in [-0.3, -0.25) is 4.98 Å². The summed E-state index contributed by atoms with van der Waals surface area (Å²) in [4.78, 5) is 4.15. The van der Waals surface area contributed by atoms with E-state index >= 15 is 0 Å². The van der Waals surface area contributed by atoms with Gasteiger partial charge in [0.2, 0.25) is 0 Å². The average molecular weight is 258 g/mol. The lowest BCUT2D eigenvalue weighted by atomic mass is 9.97. The Morgan fingerprint density at radius 3 is 2.79 bits per heavy atom. The first-order valence-corrected chi connectivity index (χ1v) is 6.62. The molecule has 3 heteroatoms. The van der Waals surface area contributed by atoms with Crippen LogP contribution in [0.2, 0.25) is 0 Å². The fourth-order valence-corrected chi connectivity index (χ4v) is 2.10. The van der Waals surface area contributed by atoms with Crippen molar-refractivity contribution in [3.8, 4) is 11.1 Å². The van der Waals surface area contributed by atoms with Gasteiger partial charge in [0.1, 0.15) is 5.82 Å². The van der Waals surface area contributed by atoms with E-state index in [1.54, 1.807) is 18.5 Å². The van der Waals surface area contributed by atoms with Gasteiger partial charge in [-0.2, -0.15) is 0 Å². The van der Waals surface area contributed by atoms with Crippen LogP contribution in [0.4, 0.5) is 4.39 Å². The highest BCUT2D eigenvalue weighted by atomic mass is 19.1. The van der Waals surface area contributed by atoms with Crippen LogP contribution >= 0.6 is 0 Å². The number of hydrogen-bond donors (Lipinski definition) is 1. The third-order valence-corrected chi connectivity index (χ3v) is 3.14. The zero-order valence-electron chi connectivity index (χ0n) is 11.4. The van der Waals surface area contributed by atoms with Gasteiger partial charge in [0, 0.05) is 24.5 Å². The molecule has 2 rings (SSSR count). The van der Waals surface area contributed by atoms with Gasteiger partial charge in [0.05, 0.1) is 0 Å². The van der Waals surface area contributed by atoms with Crippen molar-refractivity contribution < 1.29 is 4.39 Å². The number of nitrogens with one attached hydrogen (secondary N) is 1. The monoisotopic (exact) mass is 258 g/mol. The Morgan fingerprint density at radius 2 is 2.05 bits per heavy atom. The van der Waals surface area contributed by atoms with Gasteiger partial charge in [0.25, 0.3) is 0 Å². The standard InChI is InChI=1S/C16H19FN2/c1-3-7-18-10-13-4-5-14(17)9-15(13)16-11-19-8-6-12(16)2/h4-6,8-9,11,18H,3,7,10H2,1-2H3. The summed E-state index contributed by atoms with van der Waals surface area (Å²) in [5.41, 5.74) is 4.13. The van der Waals surface area contributed by atoms with Crippen molar-refractivity contribution in [2.75, 3.05) is 6.54 Å². The molecule has 2 aromatic rings. The van der Waals surface area contributed by atoms with Crippen molar-refractivity contribution in [3.63, 3.8) is 0 Å². The number of aromatic nitrogens is 1.